The lowest BCUT2D eigenvalue weighted by molar-refractivity contribution is -0.121. The van der Waals surface area contributed by atoms with Gasteiger partial charge >= 0.3 is 0 Å². The van der Waals surface area contributed by atoms with Crippen molar-refractivity contribution >= 4 is 11.5 Å². The zero-order chi connectivity index (χ0) is 13.5. The van der Waals surface area contributed by atoms with Gasteiger partial charge in [0.1, 0.15) is 5.78 Å². The van der Waals surface area contributed by atoms with Gasteiger partial charge in [0.15, 0.2) is 0 Å². The molecule has 0 aliphatic heterocycles. The number of carbonyl (C=O) groups excluding carboxylic acids is 1. The molecule has 0 radical (unpaired) electrons. The Balaban J connectivity index is 2.37. The summed E-state index contributed by atoms with van der Waals surface area (Å²) >= 11 is 0. The zero-order valence-corrected chi connectivity index (χ0v) is 12.0. The number of Topliss-reactive ketones (excluding diaryl/α,β-unsaturated/α-hetero) is 1. The third-order valence-electron chi connectivity index (χ3n) is 2.94. The topological polar surface area (TPSA) is 29.1 Å². The normalized spacial score (nSPS) is 11.0. The maximum absolute atomic E-state index is 11.5. The molecule has 0 bridgehead atoms. The van der Waals surface area contributed by atoms with Gasteiger partial charge in [-0.15, -0.1) is 0 Å². The van der Waals surface area contributed by atoms with Crippen LogP contribution in [0.1, 0.15) is 46.1 Å². The fourth-order valence-corrected chi connectivity index (χ4v) is 1.86. The highest BCUT2D eigenvalue weighted by atomic mass is 16.1. The zero-order valence-electron chi connectivity index (χ0n) is 12.0. The Bertz CT molecular complexity index is 365. The second-order valence-electron chi connectivity index (χ2n) is 5.47. The van der Waals surface area contributed by atoms with Gasteiger partial charge in [0.05, 0.1) is 0 Å². The van der Waals surface area contributed by atoms with E-state index >= 15 is 0 Å². The quantitative estimate of drug-likeness (QED) is 0.787. The molecule has 0 saturated heterocycles. The van der Waals surface area contributed by atoms with Crippen LogP contribution in [0.3, 0.4) is 0 Å². The molecule has 0 aliphatic rings. The van der Waals surface area contributed by atoms with Crippen molar-refractivity contribution in [2.45, 2.75) is 53.0 Å². The van der Waals surface area contributed by atoms with Crippen LogP contribution < -0.4 is 5.32 Å². The van der Waals surface area contributed by atoms with E-state index < -0.39 is 0 Å². The summed E-state index contributed by atoms with van der Waals surface area (Å²) in [6.45, 7) is 8.19. The molecule has 0 spiro atoms. The number of hydrogen-bond acceptors (Lipinski definition) is 2. The van der Waals surface area contributed by atoms with Crippen LogP contribution in [0.4, 0.5) is 5.69 Å². The van der Waals surface area contributed by atoms with Crippen molar-refractivity contribution in [3.8, 4) is 0 Å². The number of ketones is 1. The summed E-state index contributed by atoms with van der Waals surface area (Å²) in [7, 11) is 0. The second kappa shape index (κ2) is 7.20. The monoisotopic (exact) mass is 247 g/mol. The molecule has 18 heavy (non-hydrogen) atoms. The van der Waals surface area contributed by atoms with Gasteiger partial charge in [-0.1, -0.05) is 26.0 Å². The van der Waals surface area contributed by atoms with E-state index in [-0.39, 0.29) is 5.92 Å². The number of hydrogen-bond donors (Lipinski definition) is 1. The number of nitrogens with one attached hydrogen (secondary N) is 1. The van der Waals surface area contributed by atoms with Crippen molar-refractivity contribution < 1.29 is 4.79 Å². The minimum Gasteiger partial charge on any atom is -0.383 e. The second-order valence-corrected chi connectivity index (χ2v) is 5.47. The van der Waals surface area contributed by atoms with Crippen LogP contribution in [0.5, 0.6) is 0 Å². The van der Waals surface area contributed by atoms with Crippen LogP contribution in [-0.2, 0) is 11.2 Å². The molecule has 0 atom stereocenters. The third kappa shape index (κ3) is 5.35. The molecule has 0 amide bonds. The molecular formula is C16H25NO. The van der Waals surface area contributed by atoms with Crippen LogP contribution in [-0.4, -0.2) is 11.8 Å². The molecule has 0 aliphatic carbocycles. The maximum Gasteiger partial charge on any atom is 0.135 e. The third-order valence-corrected chi connectivity index (χ3v) is 2.94. The fourth-order valence-electron chi connectivity index (χ4n) is 1.86. The van der Waals surface area contributed by atoms with Gasteiger partial charge in [-0.05, 0) is 44.4 Å². The van der Waals surface area contributed by atoms with E-state index in [4.69, 9.17) is 0 Å². The predicted octanol–water partition coefficient (Wildman–Crippen LogP) is 4.05. The van der Waals surface area contributed by atoms with Crippen LogP contribution in [0.25, 0.3) is 0 Å². The Morgan fingerprint density at radius 2 is 1.72 bits per heavy atom. The highest BCUT2D eigenvalue weighted by molar-refractivity contribution is 5.80. The summed E-state index contributed by atoms with van der Waals surface area (Å²) in [5, 5.41) is 3.37. The first-order valence-electron chi connectivity index (χ1n) is 6.87. The number of rotatable bonds is 7. The Morgan fingerprint density at radius 3 is 2.22 bits per heavy atom. The highest BCUT2D eigenvalue weighted by Gasteiger charge is 2.06. The molecule has 1 aromatic rings. The Morgan fingerprint density at radius 1 is 1.11 bits per heavy atom. The lowest BCUT2D eigenvalue weighted by Gasteiger charge is -2.10. The average molecular weight is 247 g/mol. The standard InChI is InChI=1S/C16H25NO/c1-12(2)16(18)7-5-6-14-8-10-15(11-9-14)17-13(3)4/h8-13,17H,5-7H2,1-4H3. The van der Waals surface area contributed by atoms with E-state index in [2.05, 4.69) is 43.4 Å². The summed E-state index contributed by atoms with van der Waals surface area (Å²) in [6.07, 6.45) is 2.64. The van der Waals surface area contributed by atoms with Crippen molar-refractivity contribution in [2.75, 3.05) is 5.32 Å². The molecule has 1 rings (SSSR count). The van der Waals surface area contributed by atoms with E-state index in [0.29, 0.717) is 18.2 Å². The molecule has 0 saturated carbocycles. The summed E-state index contributed by atoms with van der Waals surface area (Å²) in [6, 6.07) is 8.97. The van der Waals surface area contributed by atoms with Crippen LogP contribution in [0.15, 0.2) is 24.3 Å². The lowest BCUT2D eigenvalue weighted by atomic mass is 10.0. The molecular weight excluding hydrogens is 222 g/mol. The molecule has 2 nitrogen and oxygen atoms in total. The first-order valence-corrected chi connectivity index (χ1v) is 6.87. The molecule has 0 fully saturated rings. The fraction of sp³-hybridized carbons (Fsp3) is 0.562. The van der Waals surface area contributed by atoms with E-state index in [1.165, 1.54) is 5.56 Å². The predicted molar refractivity (Wildman–Crippen MR) is 78.0 cm³/mol. The van der Waals surface area contributed by atoms with Crippen LogP contribution in [0, 0.1) is 5.92 Å². The summed E-state index contributed by atoms with van der Waals surface area (Å²) in [5.74, 6) is 0.538. The summed E-state index contributed by atoms with van der Waals surface area (Å²) in [4.78, 5) is 11.5. The summed E-state index contributed by atoms with van der Waals surface area (Å²) < 4.78 is 0. The lowest BCUT2D eigenvalue weighted by Crippen LogP contribution is -2.09. The van der Waals surface area contributed by atoms with Crippen molar-refractivity contribution in [3.63, 3.8) is 0 Å². The van der Waals surface area contributed by atoms with Crippen molar-refractivity contribution in [1.29, 1.82) is 0 Å². The van der Waals surface area contributed by atoms with Crippen molar-refractivity contribution in [1.82, 2.24) is 0 Å². The van der Waals surface area contributed by atoms with Gasteiger partial charge < -0.3 is 5.32 Å². The van der Waals surface area contributed by atoms with Gasteiger partial charge in [0.25, 0.3) is 0 Å². The number of anilines is 1. The molecule has 0 aromatic heterocycles. The minimum absolute atomic E-state index is 0.169. The Kier molecular flexibility index (Phi) is 5.90. The maximum atomic E-state index is 11.5. The molecule has 1 N–H and O–H groups in total. The van der Waals surface area contributed by atoms with Gasteiger partial charge in [0, 0.05) is 24.1 Å². The number of carbonyl (C=O) groups is 1. The van der Waals surface area contributed by atoms with Crippen molar-refractivity contribution in [2.24, 2.45) is 5.92 Å². The molecule has 1 aromatic carbocycles. The van der Waals surface area contributed by atoms with Crippen LogP contribution in [0.2, 0.25) is 0 Å². The first kappa shape index (κ1) is 14.7. The first-order chi connectivity index (χ1) is 8.49. The SMILES string of the molecule is CC(C)Nc1ccc(CCCC(=O)C(C)C)cc1. The molecule has 0 heterocycles. The molecule has 2 heteroatoms. The molecule has 0 unspecified atom stereocenters. The summed E-state index contributed by atoms with van der Waals surface area (Å²) in [5.41, 5.74) is 2.47. The van der Waals surface area contributed by atoms with Crippen molar-refractivity contribution in [3.05, 3.63) is 29.8 Å². The van der Waals surface area contributed by atoms with E-state index in [0.717, 1.165) is 18.5 Å². The largest absolute Gasteiger partial charge is 0.383 e. The molecule has 100 valence electrons. The smallest absolute Gasteiger partial charge is 0.135 e. The average Bonchev–Trinajstić information content (AvgIpc) is 2.30. The highest BCUT2D eigenvalue weighted by Crippen LogP contribution is 2.13. The van der Waals surface area contributed by atoms with Gasteiger partial charge in [-0.3, -0.25) is 4.79 Å². The van der Waals surface area contributed by atoms with E-state index in [9.17, 15) is 4.79 Å². The van der Waals surface area contributed by atoms with Gasteiger partial charge in [0.2, 0.25) is 0 Å². The van der Waals surface area contributed by atoms with Crippen LogP contribution >= 0.6 is 0 Å². The number of aryl methyl sites for hydroxylation is 1. The number of benzene rings is 1. The Hall–Kier alpha value is -1.31. The van der Waals surface area contributed by atoms with Gasteiger partial charge in [-0.25, -0.2) is 0 Å². The van der Waals surface area contributed by atoms with E-state index in [1.54, 1.807) is 0 Å². The van der Waals surface area contributed by atoms with E-state index in [1.807, 2.05) is 13.8 Å². The minimum atomic E-state index is 0.169. The Labute approximate surface area is 111 Å². The van der Waals surface area contributed by atoms with Gasteiger partial charge in [-0.2, -0.15) is 0 Å².